The molecule has 0 atom stereocenters. The first-order valence-electron chi connectivity index (χ1n) is 9.45. The van der Waals surface area contributed by atoms with Gasteiger partial charge in [0.1, 0.15) is 0 Å². The van der Waals surface area contributed by atoms with Gasteiger partial charge in [-0.2, -0.15) is 13.2 Å². The normalized spacial score (nSPS) is 13.3. The van der Waals surface area contributed by atoms with Crippen molar-refractivity contribution in [3.8, 4) is 0 Å². The summed E-state index contributed by atoms with van der Waals surface area (Å²) in [5.74, 6) is -0.367. The van der Waals surface area contributed by atoms with E-state index in [4.69, 9.17) is 4.74 Å². The zero-order valence-electron chi connectivity index (χ0n) is 16.2. The number of hydrogen-bond acceptors (Lipinski definition) is 4. The molecule has 0 saturated carbocycles. The van der Waals surface area contributed by atoms with Crippen molar-refractivity contribution in [2.75, 3.05) is 18.6 Å². The number of aromatic nitrogens is 1. The standard InChI is InChI=1S/C23H19F3N2O2/c1-30-22(29)20-6-3-7-21-19(20)9-11-28(21)18-8-10-27-17(14-18)13-15-4-2-5-16(12-15)23(24,25)26/h2-8,10,12,14H,9,11,13H2,1H3. The second-order valence-corrected chi connectivity index (χ2v) is 7.08. The summed E-state index contributed by atoms with van der Waals surface area (Å²) in [6.07, 6.45) is -1.73. The predicted octanol–water partition coefficient (Wildman–Crippen LogP) is 5.17. The highest BCUT2D eigenvalue weighted by Crippen LogP contribution is 2.37. The van der Waals surface area contributed by atoms with E-state index in [1.807, 2.05) is 24.3 Å². The molecule has 3 aromatic rings. The van der Waals surface area contributed by atoms with Crippen LogP contribution in [0, 0.1) is 0 Å². The molecule has 0 fully saturated rings. The molecule has 4 nitrogen and oxygen atoms in total. The van der Waals surface area contributed by atoms with Crippen LogP contribution in [0.15, 0.2) is 60.8 Å². The van der Waals surface area contributed by atoms with Crippen molar-refractivity contribution < 1.29 is 22.7 Å². The Bertz CT molecular complexity index is 1100. The average molecular weight is 412 g/mol. The van der Waals surface area contributed by atoms with Gasteiger partial charge in [0, 0.05) is 36.2 Å². The molecule has 0 N–H and O–H groups in total. The van der Waals surface area contributed by atoms with Gasteiger partial charge in [0.25, 0.3) is 0 Å². The third kappa shape index (κ3) is 3.87. The maximum atomic E-state index is 13.0. The van der Waals surface area contributed by atoms with Crippen LogP contribution >= 0.6 is 0 Å². The molecule has 2 heterocycles. The monoisotopic (exact) mass is 412 g/mol. The summed E-state index contributed by atoms with van der Waals surface area (Å²) in [5, 5.41) is 0. The Kier molecular flexibility index (Phi) is 5.20. The third-order valence-electron chi connectivity index (χ3n) is 5.18. The van der Waals surface area contributed by atoms with E-state index in [-0.39, 0.29) is 5.97 Å². The summed E-state index contributed by atoms with van der Waals surface area (Å²) < 4.78 is 43.8. The molecule has 0 bridgehead atoms. The van der Waals surface area contributed by atoms with Crippen LogP contribution in [0.25, 0.3) is 0 Å². The number of nitrogens with zero attached hydrogens (tertiary/aromatic N) is 2. The molecule has 2 aromatic carbocycles. The summed E-state index contributed by atoms with van der Waals surface area (Å²) >= 11 is 0. The first kappa shape index (κ1) is 19.9. The quantitative estimate of drug-likeness (QED) is 0.555. The number of halogens is 3. The van der Waals surface area contributed by atoms with Gasteiger partial charge in [-0.3, -0.25) is 4.98 Å². The zero-order chi connectivity index (χ0) is 21.3. The van der Waals surface area contributed by atoms with Crippen molar-refractivity contribution in [2.45, 2.75) is 19.0 Å². The number of benzene rings is 2. The SMILES string of the molecule is COC(=O)c1cccc2c1CCN2c1ccnc(Cc2cccc(C(F)(F)F)c2)c1. The largest absolute Gasteiger partial charge is 0.465 e. The molecule has 0 aliphatic carbocycles. The summed E-state index contributed by atoms with van der Waals surface area (Å²) in [7, 11) is 1.36. The second kappa shape index (κ2) is 7.82. The number of anilines is 2. The Hall–Kier alpha value is -3.35. The van der Waals surface area contributed by atoms with E-state index in [9.17, 15) is 18.0 Å². The van der Waals surface area contributed by atoms with Crippen LogP contribution in [0.1, 0.15) is 32.7 Å². The molecule has 0 unspecified atom stereocenters. The minimum atomic E-state index is -4.37. The summed E-state index contributed by atoms with van der Waals surface area (Å²) in [6.45, 7) is 0.691. The molecular formula is C23H19F3N2O2. The smallest absolute Gasteiger partial charge is 0.416 e. The number of esters is 1. The Morgan fingerprint density at radius 2 is 1.93 bits per heavy atom. The lowest BCUT2D eigenvalue weighted by atomic mass is 10.0. The Morgan fingerprint density at radius 3 is 2.70 bits per heavy atom. The molecule has 0 radical (unpaired) electrons. The van der Waals surface area contributed by atoms with Crippen molar-refractivity contribution >= 4 is 17.3 Å². The fourth-order valence-electron chi connectivity index (χ4n) is 3.80. The number of ether oxygens (including phenoxy) is 1. The van der Waals surface area contributed by atoms with Crippen LogP contribution in [-0.4, -0.2) is 24.6 Å². The molecule has 30 heavy (non-hydrogen) atoms. The first-order valence-corrected chi connectivity index (χ1v) is 9.45. The summed E-state index contributed by atoms with van der Waals surface area (Å²) in [6, 6.07) is 14.5. The van der Waals surface area contributed by atoms with Gasteiger partial charge < -0.3 is 9.64 Å². The highest BCUT2D eigenvalue weighted by molar-refractivity contribution is 5.94. The first-order chi connectivity index (χ1) is 14.4. The van der Waals surface area contributed by atoms with Crippen LogP contribution in [0.4, 0.5) is 24.5 Å². The highest BCUT2D eigenvalue weighted by atomic mass is 19.4. The maximum absolute atomic E-state index is 13.0. The average Bonchev–Trinajstić information content (AvgIpc) is 3.17. The van der Waals surface area contributed by atoms with Crippen molar-refractivity contribution in [3.05, 3.63) is 88.7 Å². The van der Waals surface area contributed by atoms with Crippen molar-refractivity contribution in [2.24, 2.45) is 0 Å². The lowest BCUT2D eigenvalue weighted by Crippen LogP contribution is -2.13. The Balaban J connectivity index is 1.61. The number of methoxy groups -OCH3 is 1. The third-order valence-corrected chi connectivity index (χ3v) is 5.18. The van der Waals surface area contributed by atoms with Gasteiger partial charge in [-0.25, -0.2) is 4.79 Å². The lowest BCUT2D eigenvalue weighted by Gasteiger charge is -2.20. The molecule has 1 aromatic heterocycles. The van der Waals surface area contributed by atoms with Crippen molar-refractivity contribution in [1.82, 2.24) is 4.98 Å². The molecular weight excluding hydrogens is 393 g/mol. The van der Waals surface area contributed by atoms with Crippen molar-refractivity contribution in [1.29, 1.82) is 0 Å². The van der Waals surface area contributed by atoms with Gasteiger partial charge in [0.05, 0.1) is 18.2 Å². The number of carbonyl (C=O) groups is 1. The maximum Gasteiger partial charge on any atom is 0.416 e. The minimum Gasteiger partial charge on any atom is -0.465 e. The Labute approximate surface area is 171 Å². The van der Waals surface area contributed by atoms with Crippen molar-refractivity contribution in [3.63, 3.8) is 0 Å². The van der Waals surface area contributed by atoms with E-state index in [1.54, 1.807) is 18.3 Å². The zero-order valence-corrected chi connectivity index (χ0v) is 16.2. The molecule has 0 saturated heterocycles. The number of carbonyl (C=O) groups excluding carboxylic acids is 1. The van der Waals surface area contributed by atoms with Gasteiger partial charge in [-0.05, 0) is 47.9 Å². The molecule has 154 valence electrons. The van der Waals surface area contributed by atoms with E-state index in [0.29, 0.717) is 36.2 Å². The van der Waals surface area contributed by atoms with Crippen LogP contribution in [-0.2, 0) is 23.8 Å². The molecule has 1 aliphatic rings. The van der Waals surface area contributed by atoms with Crippen LogP contribution in [0.3, 0.4) is 0 Å². The van der Waals surface area contributed by atoms with Crippen LogP contribution in [0.5, 0.6) is 0 Å². The Morgan fingerprint density at radius 1 is 1.13 bits per heavy atom. The molecule has 1 aliphatic heterocycles. The number of pyridine rings is 1. The predicted molar refractivity (Wildman–Crippen MR) is 107 cm³/mol. The van der Waals surface area contributed by atoms with E-state index < -0.39 is 11.7 Å². The van der Waals surface area contributed by atoms with Gasteiger partial charge in [0.2, 0.25) is 0 Å². The van der Waals surface area contributed by atoms with Gasteiger partial charge in [0.15, 0.2) is 0 Å². The van der Waals surface area contributed by atoms with E-state index in [2.05, 4.69) is 9.88 Å². The number of hydrogen-bond donors (Lipinski definition) is 0. The molecule has 0 amide bonds. The van der Waals surface area contributed by atoms with Crippen LogP contribution < -0.4 is 4.90 Å². The number of alkyl halides is 3. The van der Waals surface area contributed by atoms with Crippen LogP contribution in [0.2, 0.25) is 0 Å². The highest BCUT2D eigenvalue weighted by Gasteiger charge is 2.30. The molecule has 0 spiro atoms. The summed E-state index contributed by atoms with van der Waals surface area (Å²) in [5.41, 5.74) is 3.84. The second-order valence-electron chi connectivity index (χ2n) is 7.08. The van der Waals surface area contributed by atoms with E-state index in [1.165, 1.54) is 13.2 Å². The summed E-state index contributed by atoms with van der Waals surface area (Å²) in [4.78, 5) is 18.5. The fraction of sp³-hybridized carbons (Fsp3) is 0.217. The molecule has 7 heteroatoms. The topological polar surface area (TPSA) is 42.4 Å². The number of fused-ring (bicyclic) bond motifs is 1. The lowest BCUT2D eigenvalue weighted by molar-refractivity contribution is -0.137. The van der Waals surface area contributed by atoms with E-state index in [0.717, 1.165) is 29.1 Å². The fourth-order valence-corrected chi connectivity index (χ4v) is 3.80. The van der Waals surface area contributed by atoms with Gasteiger partial charge in [-0.15, -0.1) is 0 Å². The van der Waals surface area contributed by atoms with Gasteiger partial charge >= 0.3 is 12.1 Å². The number of rotatable bonds is 4. The minimum absolute atomic E-state index is 0.292. The van der Waals surface area contributed by atoms with E-state index >= 15 is 0 Å². The van der Waals surface area contributed by atoms with Gasteiger partial charge in [-0.1, -0.05) is 24.3 Å². The molecule has 4 rings (SSSR count).